The van der Waals surface area contributed by atoms with E-state index < -0.39 is 10.0 Å². The van der Waals surface area contributed by atoms with Crippen molar-refractivity contribution in [3.63, 3.8) is 0 Å². The Bertz CT molecular complexity index is 726. The van der Waals surface area contributed by atoms with Gasteiger partial charge in [-0.25, -0.2) is 8.42 Å². The minimum Gasteiger partial charge on any atom is -0.395 e. The smallest absolute Gasteiger partial charge is 0.253 e. The number of sulfonamides is 1. The van der Waals surface area contributed by atoms with Crippen molar-refractivity contribution in [2.24, 2.45) is 0 Å². The first kappa shape index (κ1) is 23.1. The summed E-state index contributed by atoms with van der Waals surface area (Å²) in [5.74, 6) is -0.0719. The summed E-state index contributed by atoms with van der Waals surface area (Å²) < 4.78 is 27.2. The number of carbonyl (C=O) groups excluding carboxylic acids is 1. The number of amides is 1. The number of hydrogen-bond acceptors (Lipinski definition) is 5. The highest BCUT2D eigenvalue weighted by Gasteiger charge is 2.26. The average Bonchev–Trinajstić information content (AvgIpc) is 2.98. The molecule has 3 rings (SSSR count). The molecule has 1 aromatic rings. The summed E-state index contributed by atoms with van der Waals surface area (Å²) in [5, 5.41) is 9.00. The fourth-order valence-electron chi connectivity index (χ4n) is 3.70. The van der Waals surface area contributed by atoms with Gasteiger partial charge in [-0.15, -0.1) is 12.4 Å². The first-order valence-corrected chi connectivity index (χ1v) is 11.2. The van der Waals surface area contributed by atoms with E-state index in [1.54, 1.807) is 33.5 Å². The molecule has 2 aliphatic rings. The van der Waals surface area contributed by atoms with Gasteiger partial charge in [0.05, 0.1) is 11.5 Å². The van der Waals surface area contributed by atoms with Gasteiger partial charge in [0.1, 0.15) is 0 Å². The van der Waals surface area contributed by atoms with Gasteiger partial charge in [0.15, 0.2) is 0 Å². The number of rotatable bonds is 5. The van der Waals surface area contributed by atoms with Crippen molar-refractivity contribution in [2.45, 2.75) is 30.6 Å². The second kappa shape index (κ2) is 10.5. The fraction of sp³-hybridized carbons (Fsp3) is 0.632. The van der Waals surface area contributed by atoms with E-state index >= 15 is 0 Å². The average molecular weight is 432 g/mol. The monoisotopic (exact) mass is 431 g/mol. The Hall–Kier alpha value is -1.19. The highest BCUT2D eigenvalue weighted by atomic mass is 35.5. The number of benzene rings is 1. The third-order valence-corrected chi connectivity index (χ3v) is 7.29. The normalized spacial score (nSPS) is 19.7. The molecular formula is C19H30ClN3O4S. The minimum absolute atomic E-state index is 0. The molecule has 7 nitrogen and oxygen atoms in total. The molecule has 0 aromatic heterocycles. The molecule has 1 aromatic carbocycles. The van der Waals surface area contributed by atoms with Crippen LogP contribution in [0.5, 0.6) is 0 Å². The van der Waals surface area contributed by atoms with E-state index in [0.717, 1.165) is 38.8 Å². The summed E-state index contributed by atoms with van der Waals surface area (Å²) >= 11 is 0. The molecule has 0 bridgehead atoms. The molecule has 0 atom stereocenters. The van der Waals surface area contributed by atoms with Gasteiger partial charge in [-0.2, -0.15) is 4.31 Å². The Morgan fingerprint density at radius 3 is 2.00 bits per heavy atom. The molecule has 0 radical (unpaired) electrons. The highest BCUT2D eigenvalue weighted by Crippen LogP contribution is 2.21. The van der Waals surface area contributed by atoms with Crippen molar-refractivity contribution in [3.8, 4) is 0 Å². The van der Waals surface area contributed by atoms with Crippen LogP contribution in [-0.2, 0) is 10.0 Å². The van der Waals surface area contributed by atoms with Crippen LogP contribution in [0.1, 0.15) is 36.0 Å². The predicted octanol–water partition coefficient (Wildman–Crippen LogP) is 1.42. The van der Waals surface area contributed by atoms with Gasteiger partial charge in [0.25, 0.3) is 5.91 Å². The number of piperazine rings is 1. The molecule has 9 heteroatoms. The first-order valence-electron chi connectivity index (χ1n) is 9.75. The quantitative estimate of drug-likeness (QED) is 0.762. The zero-order valence-electron chi connectivity index (χ0n) is 16.1. The number of halogens is 1. The Labute approximate surface area is 173 Å². The first-order chi connectivity index (χ1) is 13.0. The van der Waals surface area contributed by atoms with Crippen LogP contribution in [0.25, 0.3) is 0 Å². The second-order valence-corrected chi connectivity index (χ2v) is 9.14. The van der Waals surface area contributed by atoms with Gasteiger partial charge in [-0.3, -0.25) is 9.69 Å². The van der Waals surface area contributed by atoms with Gasteiger partial charge >= 0.3 is 0 Å². The molecule has 2 heterocycles. The van der Waals surface area contributed by atoms with E-state index in [4.69, 9.17) is 5.11 Å². The largest absolute Gasteiger partial charge is 0.395 e. The Balaban J connectivity index is 0.00000280. The maximum atomic E-state index is 12.8. The van der Waals surface area contributed by atoms with E-state index in [9.17, 15) is 13.2 Å². The Kier molecular flexibility index (Phi) is 8.70. The molecule has 2 fully saturated rings. The zero-order valence-corrected chi connectivity index (χ0v) is 17.8. The molecule has 0 unspecified atom stereocenters. The third-order valence-electron chi connectivity index (χ3n) is 5.38. The lowest BCUT2D eigenvalue weighted by molar-refractivity contribution is 0.0615. The molecular weight excluding hydrogens is 402 g/mol. The van der Waals surface area contributed by atoms with E-state index in [2.05, 4.69) is 4.90 Å². The number of carbonyl (C=O) groups is 1. The lowest BCUT2D eigenvalue weighted by Crippen LogP contribution is -2.49. The summed E-state index contributed by atoms with van der Waals surface area (Å²) in [6, 6.07) is 6.34. The van der Waals surface area contributed by atoms with Crippen molar-refractivity contribution >= 4 is 28.3 Å². The van der Waals surface area contributed by atoms with Crippen molar-refractivity contribution in [3.05, 3.63) is 29.8 Å². The van der Waals surface area contributed by atoms with Crippen LogP contribution in [0.2, 0.25) is 0 Å². The van der Waals surface area contributed by atoms with Crippen LogP contribution in [-0.4, -0.2) is 86.0 Å². The lowest BCUT2D eigenvalue weighted by Gasteiger charge is -2.34. The second-order valence-electron chi connectivity index (χ2n) is 7.20. The molecule has 158 valence electrons. The van der Waals surface area contributed by atoms with Gasteiger partial charge in [-0.1, -0.05) is 12.8 Å². The highest BCUT2D eigenvalue weighted by molar-refractivity contribution is 7.89. The molecule has 1 amide bonds. The van der Waals surface area contributed by atoms with Crippen LogP contribution in [0, 0.1) is 0 Å². The maximum absolute atomic E-state index is 12.8. The van der Waals surface area contributed by atoms with E-state index in [1.807, 2.05) is 0 Å². The number of aliphatic hydroxyl groups is 1. The van der Waals surface area contributed by atoms with E-state index in [1.165, 1.54) is 0 Å². The topological polar surface area (TPSA) is 81.2 Å². The molecule has 0 spiro atoms. The number of β-amino-alcohol motifs (C(OH)–C–C–N with tert-alkyl or cyclic N) is 1. The summed E-state index contributed by atoms with van der Waals surface area (Å²) in [5.41, 5.74) is 0.514. The molecule has 28 heavy (non-hydrogen) atoms. The fourth-order valence-corrected chi connectivity index (χ4v) is 5.22. The third kappa shape index (κ3) is 5.45. The Morgan fingerprint density at radius 1 is 0.893 bits per heavy atom. The Morgan fingerprint density at radius 2 is 1.46 bits per heavy atom. The number of hydrogen-bond donors (Lipinski definition) is 1. The van der Waals surface area contributed by atoms with Crippen LogP contribution < -0.4 is 0 Å². The minimum atomic E-state index is -3.49. The van der Waals surface area contributed by atoms with Gasteiger partial charge < -0.3 is 10.0 Å². The van der Waals surface area contributed by atoms with E-state index in [0.29, 0.717) is 38.3 Å². The summed E-state index contributed by atoms with van der Waals surface area (Å²) in [4.78, 5) is 16.8. The summed E-state index contributed by atoms with van der Waals surface area (Å²) in [6.45, 7) is 4.62. The van der Waals surface area contributed by atoms with Crippen LogP contribution in [0.15, 0.2) is 29.2 Å². The van der Waals surface area contributed by atoms with Gasteiger partial charge in [0.2, 0.25) is 10.0 Å². The van der Waals surface area contributed by atoms with Crippen molar-refractivity contribution in [1.29, 1.82) is 0 Å². The maximum Gasteiger partial charge on any atom is 0.253 e. The molecule has 1 N–H and O–H groups in total. The van der Waals surface area contributed by atoms with Gasteiger partial charge in [-0.05, 0) is 37.1 Å². The van der Waals surface area contributed by atoms with Gasteiger partial charge in [0, 0.05) is 51.4 Å². The number of nitrogens with zero attached hydrogens (tertiary/aromatic N) is 3. The molecule has 0 saturated carbocycles. The van der Waals surface area contributed by atoms with Crippen molar-refractivity contribution < 1.29 is 18.3 Å². The zero-order chi connectivity index (χ0) is 19.3. The summed E-state index contributed by atoms with van der Waals surface area (Å²) in [7, 11) is -3.49. The summed E-state index contributed by atoms with van der Waals surface area (Å²) in [6.07, 6.45) is 3.95. The van der Waals surface area contributed by atoms with Crippen LogP contribution in [0.3, 0.4) is 0 Å². The van der Waals surface area contributed by atoms with Crippen molar-refractivity contribution in [2.75, 3.05) is 52.4 Å². The SMILES string of the molecule is Cl.O=C(c1ccc(S(=O)(=O)N2CCCCCC2)cc1)N1CCN(CCO)CC1. The number of aliphatic hydroxyl groups excluding tert-OH is 1. The molecule has 0 aliphatic carbocycles. The van der Waals surface area contributed by atoms with Crippen LogP contribution >= 0.6 is 12.4 Å². The standard InChI is InChI=1S/C19H29N3O4S.ClH/c23-16-15-20-11-13-21(14-12-20)19(24)17-5-7-18(8-6-17)27(25,26)22-9-3-1-2-4-10-22;/h5-8,23H,1-4,9-16H2;1H. The lowest BCUT2D eigenvalue weighted by atomic mass is 10.2. The molecule has 2 aliphatic heterocycles. The van der Waals surface area contributed by atoms with Crippen LogP contribution in [0.4, 0.5) is 0 Å². The van der Waals surface area contributed by atoms with Crippen molar-refractivity contribution in [1.82, 2.24) is 14.1 Å². The van der Waals surface area contributed by atoms with E-state index in [-0.39, 0.29) is 29.8 Å². The molecule has 2 saturated heterocycles. The predicted molar refractivity (Wildman–Crippen MR) is 110 cm³/mol.